The van der Waals surface area contributed by atoms with Gasteiger partial charge >= 0.3 is 45.7 Å². The zero-order chi connectivity index (χ0) is 21.8. The van der Waals surface area contributed by atoms with E-state index in [1.54, 1.807) is 0 Å². The molecule has 1 heterocycles. The summed E-state index contributed by atoms with van der Waals surface area (Å²) in [6, 6.07) is 0. The van der Waals surface area contributed by atoms with E-state index in [-0.39, 0.29) is 0 Å². The molecule has 0 aromatic rings. The molecule has 1 rings (SSSR count). The molecule has 0 spiro atoms. The molecule has 164 valence electrons. The van der Waals surface area contributed by atoms with Crippen LogP contribution in [0.3, 0.4) is 0 Å². The molecule has 1 atom stereocenters. The molecule has 15 heteroatoms. The van der Waals surface area contributed by atoms with Crippen molar-refractivity contribution >= 4 is 42.3 Å². The summed E-state index contributed by atoms with van der Waals surface area (Å²) in [6.45, 7) is 1.90. The molecule has 0 aliphatic carbocycles. The monoisotopic (exact) mass is 466 g/mol. The number of esters is 2. The average Bonchev–Trinajstić information content (AvgIpc) is 2.84. The lowest BCUT2D eigenvalue weighted by molar-refractivity contribution is -0.153. The van der Waals surface area contributed by atoms with Crippen molar-refractivity contribution in [2.75, 3.05) is 19.8 Å². The third kappa shape index (κ3) is 4.54. The predicted octanol–water partition coefficient (Wildman–Crippen LogP) is -0.391. The summed E-state index contributed by atoms with van der Waals surface area (Å²) in [5.41, 5.74) is 0. The highest BCUT2D eigenvalue weighted by Gasteiger charge is 2.68. The van der Waals surface area contributed by atoms with Crippen LogP contribution < -0.4 is 0 Å². The van der Waals surface area contributed by atoms with E-state index in [9.17, 15) is 34.8 Å². The van der Waals surface area contributed by atoms with Crippen molar-refractivity contribution in [3.63, 3.8) is 0 Å². The van der Waals surface area contributed by atoms with Crippen molar-refractivity contribution in [3.05, 3.63) is 0 Å². The Kier molecular flexibility index (Phi) is 8.12. The van der Waals surface area contributed by atoms with E-state index in [2.05, 4.69) is 17.3 Å². The van der Waals surface area contributed by atoms with Gasteiger partial charge in [-0.3, -0.25) is 22.1 Å². The summed E-state index contributed by atoms with van der Waals surface area (Å²) in [5, 5.41) is 0. The van der Waals surface area contributed by atoms with Gasteiger partial charge in [0, 0.05) is 6.42 Å². The third-order valence-electron chi connectivity index (χ3n) is 3.72. The van der Waals surface area contributed by atoms with E-state index < -0.39 is 90.7 Å². The maximum atomic E-state index is 12.7. The zero-order valence-electron chi connectivity index (χ0n) is 15.4. The van der Waals surface area contributed by atoms with Crippen LogP contribution in [-0.2, 0) is 57.2 Å². The van der Waals surface area contributed by atoms with Crippen molar-refractivity contribution in [2.45, 2.75) is 43.4 Å². The Labute approximate surface area is 163 Å². The van der Waals surface area contributed by atoms with Gasteiger partial charge in [0.15, 0.2) is 0 Å². The van der Waals surface area contributed by atoms with Crippen LogP contribution in [0.4, 0.5) is 0 Å². The van der Waals surface area contributed by atoms with Crippen LogP contribution in [-0.4, -0.2) is 60.4 Å². The highest BCUT2D eigenvalue weighted by Crippen LogP contribution is 2.41. The van der Waals surface area contributed by atoms with Crippen molar-refractivity contribution in [3.8, 4) is 0 Å². The van der Waals surface area contributed by atoms with Gasteiger partial charge in [-0.05, 0) is 27.2 Å². The van der Waals surface area contributed by atoms with Crippen molar-refractivity contribution in [1.82, 2.24) is 0 Å². The number of carbonyl (C=O) groups excluding carboxylic acids is 2. The minimum atomic E-state index is -5.38. The molecule has 0 amide bonds. The van der Waals surface area contributed by atoms with E-state index in [4.69, 9.17) is 0 Å². The lowest BCUT2D eigenvalue weighted by Gasteiger charge is -2.30. The summed E-state index contributed by atoms with van der Waals surface area (Å²) in [6.07, 6.45) is -2.25. The Balaban J connectivity index is 3.65. The topological polar surface area (TPSA) is 173 Å². The minimum Gasteiger partial charge on any atom is -0.393 e. The number of rotatable bonds is 12. The first kappa shape index (κ1) is 24.9. The molecule has 0 N–H and O–H groups in total. The molecule has 0 aromatic heterocycles. The standard InChI is InChI=1S/C13H22O12S3/c1-4-22-26(16,17)13(27(18,19)23-5-2,28(20,21)24-6-3)8-7-10-9-11(14)25-12(10)15/h10H,4-9H2,1-3H3. The minimum absolute atomic E-state index is 0.451. The molecule has 28 heavy (non-hydrogen) atoms. The second kappa shape index (κ2) is 9.13. The number of hydrogen-bond donors (Lipinski definition) is 0. The van der Waals surface area contributed by atoms with E-state index in [1.165, 1.54) is 20.8 Å². The first-order valence-electron chi connectivity index (χ1n) is 8.23. The molecule has 0 radical (unpaired) electrons. The zero-order valence-corrected chi connectivity index (χ0v) is 17.9. The predicted molar refractivity (Wildman–Crippen MR) is 92.8 cm³/mol. The van der Waals surface area contributed by atoms with Crippen LogP contribution >= 0.6 is 0 Å². The summed E-state index contributed by atoms with van der Waals surface area (Å²) < 4.78 is 90.4. The summed E-state index contributed by atoms with van der Waals surface area (Å²) in [7, 11) is -16.1. The molecule has 1 fully saturated rings. The Hall–Kier alpha value is -1.13. The third-order valence-corrected chi connectivity index (χ3v) is 11.9. The summed E-state index contributed by atoms with van der Waals surface area (Å²) in [5.74, 6) is -3.14. The van der Waals surface area contributed by atoms with Gasteiger partial charge in [-0.2, -0.15) is 25.3 Å². The Bertz CT molecular complexity index is 812. The van der Waals surface area contributed by atoms with Crippen molar-refractivity contribution < 1.29 is 52.1 Å². The van der Waals surface area contributed by atoms with Crippen molar-refractivity contribution in [2.24, 2.45) is 5.92 Å². The number of hydrogen-bond acceptors (Lipinski definition) is 12. The number of cyclic esters (lactones) is 2. The molecule has 1 aliphatic heterocycles. The van der Waals surface area contributed by atoms with Gasteiger partial charge in [0.2, 0.25) is 0 Å². The first-order valence-corrected chi connectivity index (χ1v) is 12.5. The van der Waals surface area contributed by atoms with Crippen LogP contribution in [0, 0.1) is 5.92 Å². The van der Waals surface area contributed by atoms with E-state index in [0.29, 0.717) is 0 Å². The van der Waals surface area contributed by atoms with Gasteiger partial charge in [0.05, 0.1) is 32.2 Å². The molecule has 0 saturated carbocycles. The van der Waals surface area contributed by atoms with E-state index in [1.807, 2.05) is 0 Å². The SMILES string of the molecule is CCOS(=O)(=O)C(CCC1CC(=O)OC1=O)(S(=O)(=O)OCC)S(=O)(=O)OCC. The molecular weight excluding hydrogens is 444 g/mol. The fourth-order valence-electron chi connectivity index (χ4n) is 2.58. The lowest BCUT2D eigenvalue weighted by atomic mass is 10.0. The summed E-state index contributed by atoms with van der Waals surface area (Å²) >= 11 is 0. The normalized spacial score (nSPS) is 19.0. The Morgan fingerprint density at radius 2 is 1.25 bits per heavy atom. The fraction of sp³-hybridized carbons (Fsp3) is 0.846. The number of ether oxygens (including phenoxy) is 1. The number of carbonyl (C=O) groups is 2. The molecular formula is C13H22O12S3. The maximum Gasteiger partial charge on any atom is 0.345 e. The maximum absolute atomic E-state index is 12.7. The summed E-state index contributed by atoms with van der Waals surface area (Å²) in [4.78, 5) is 22.9. The molecule has 0 aromatic carbocycles. The van der Waals surface area contributed by atoms with Gasteiger partial charge < -0.3 is 4.74 Å². The molecule has 1 aliphatic rings. The Morgan fingerprint density at radius 3 is 1.54 bits per heavy atom. The van der Waals surface area contributed by atoms with E-state index in [0.717, 1.165) is 0 Å². The largest absolute Gasteiger partial charge is 0.393 e. The molecule has 1 unspecified atom stereocenters. The van der Waals surface area contributed by atoms with Crippen LogP contribution in [0.15, 0.2) is 0 Å². The fourth-order valence-corrected chi connectivity index (χ4v) is 9.02. The van der Waals surface area contributed by atoms with Crippen LogP contribution in [0.1, 0.15) is 40.0 Å². The highest BCUT2D eigenvalue weighted by molar-refractivity contribution is 8.21. The molecule has 1 saturated heterocycles. The van der Waals surface area contributed by atoms with Gasteiger partial charge in [-0.1, -0.05) is 0 Å². The second-order valence-electron chi connectivity index (χ2n) is 5.50. The molecule has 12 nitrogen and oxygen atoms in total. The second-order valence-corrected chi connectivity index (χ2v) is 11.8. The first-order chi connectivity index (χ1) is 12.8. The van der Waals surface area contributed by atoms with Gasteiger partial charge in [0.25, 0.3) is 0 Å². The van der Waals surface area contributed by atoms with Crippen LogP contribution in [0.5, 0.6) is 0 Å². The Morgan fingerprint density at radius 1 is 0.857 bits per heavy atom. The van der Waals surface area contributed by atoms with Crippen molar-refractivity contribution in [1.29, 1.82) is 0 Å². The quantitative estimate of drug-likeness (QED) is 0.207. The van der Waals surface area contributed by atoms with Crippen LogP contribution in [0.2, 0.25) is 0 Å². The molecule has 0 bridgehead atoms. The average molecular weight is 467 g/mol. The highest BCUT2D eigenvalue weighted by atomic mass is 32.3. The van der Waals surface area contributed by atoms with Gasteiger partial charge in [0.1, 0.15) is 0 Å². The van der Waals surface area contributed by atoms with Gasteiger partial charge in [-0.15, -0.1) is 0 Å². The van der Waals surface area contributed by atoms with Crippen LogP contribution in [0.25, 0.3) is 0 Å². The smallest absolute Gasteiger partial charge is 0.345 e. The lowest BCUT2D eigenvalue weighted by Crippen LogP contribution is -2.55. The van der Waals surface area contributed by atoms with E-state index >= 15 is 0 Å². The van der Waals surface area contributed by atoms with Gasteiger partial charge in [-0.25, -0.2) is 0 Å².